The number of pyridine rings is 1. The zero-order chi connectivity index (χ0) is 27.0. The summed E-state index contributed by atoms with van der Waals surface area (Å²) in [5, 5.41) is 8.42. The summed E-state index contributed by atoms with van der Waals surface area (Å²) in [7, 11) is -3.55. The number of hydrogen-bond acceptors (Lipinski definition) is 5. The number of nitrogens with one attached hydrogen (secondary N) is 1. The lowest BCUT2D eigenvalue weighted by molar-refractivity contribution is -0.119. The van der Waals surface area contributed by atoms with Gasteiger partial charge in [-0.15, -0.1) is 0 Å². The van der Waals surface area contributed by atoms with Crippen LogP contribution in [0.3, 0.4) is 0 Å². The fraction of sp³-hybridized carbons (Fsp3) is 0.321. The minimum atomic E-state index is -3.55. The molecule has 4 aromatic rings. The molecule has 9 nitrogen and oxygen atoms in total. The van der Waals surface area contributed by atoms with Crippen molar-refractivity contribution in [3.05, 3.63) is 82.3 Å². The summed E-state index contributed by atoms with van der Waals surface area (Å²) in [5.41, 5.74) is 3.08. The first-order valence-electron chi connectivity index (χ1n) is 12.8. The van der Waals surface area contributed by atoms with Crippen molar-refractivity contribution in [2.24, 2.45) is 0 Å². The smallest absolute Gasteiger partial charge is 0.253 e. The molecule has 5 rings (SSSR count). The number of amides is 1. The molecule has 1 unspecified atom stereocenters. The fourth-order valence-corrected chi connectivity index (χ4v) is 6.70. The van der Waals surface area contributed by atoms with Crippen molar-refractivity contribution in [3.8, 4) is 5.69 Å². The van der Waals surface area contributed by atoms with Gasteiger partial charge in [0.1, 0.15) is 11.7 Å². The summed E-state index contributed by atoms with van der Waals surface area (Å²) in [6.45, 7) is 6.67. The molecule has 0 aliphatic carbocycles. The number of hydrogen-bond donors (Lipinski definition) is 1. The van der Waals surface area contributed by atoms with E-state index < -0.39 is 16.1 Å². The zero-order valence-electron chi connectivity index (χ0n) is 21.7. The largest absolute Gasteiger partial charge is 0.324 e. The Hall–Kier alpha value is -3.76. The molecule has 0 bridgehead atoms. The van der Waals surface area contributed by atoms with Crippen molar-refractivity contribution in [1.82, 2.24) is 18.7 Å². The predicted molar refractivity (Wildman–Crippen MR) is 147 cm³/mol. The van der Waals surface area contributed by atoms with E-state index in [1.54, 1.807) is 22.9 Å². The Labute approximate surface area is 221 Å². The number of aryl methyl sites for hydroxylation is 2. The number of sulfonamides is 1. The van der Waals surface area contributed by atoms with Crippen molar-refractivity contribution in [1.29, 1.82) is 0 Å². The van der Waals surface area contributed by atoms with Crippen LogP contribution < -0.4 is 10.9 Å². The molecular formula is C28H31N5O4S. The van der Waals surface area contributed by atoms with Crippen molar-refractivity contribution >= 4 is 32.7 Å². The second-order valence-electron chi connectivity index (χ2n) is 9.62. The van der Waals surface area contributed by atoms with Crippen LogP contribution in [0.4, 0.5) is 5.69 Å². The van der Waals surface area contributed by atoms with Crippen LogP contribution in [0.5, 0.6) is 0 Å². The van der Waals surface area contributed by atoms with Gasteiger partial charge in [0.15, 0.2) is 0 Å². The molecule has 10 heteroatoms. The monoisotopic (exact) mass is 533 g/mol. The van der Waals surface area contributed by atoms with Crippen molar-refractivity contribution in [2.75, 3.05) is 18.4 Å². The van der Waals surface area contributed by atoms with Crippen LogP contribution in [0.2, 0.25) is 0 Å². The van der Waals surface area contributed by atoms with Crippen LogP contribution in [-0.4, -0.2) is 46.1 Å². The second kappa shape index (κ2) is 10.2. The molecule has 2 aromatic carbocycles. The molecule has 1 aliphatic heterocycles. The van der Waals surface area contributed by atoms with E-state index >= 15 is 0 Å². The molecule has 1 amide bonds. The van der Waals surface area contributed by atoms with E-state index in [0.29, 0.717) is 30.8 Å². The molecule has 1 saturated heterocycles. The van der Waals surface area contributed by atoms with Gasteiger partial charge >= 0.3 is 0 Å². The summed E-state index contributed by atoms with van der Waals surface area (Å²) in [6.07, 6.45) is 2.09. The normalized spacial score (nSPS) is 15.1. The molecule has 2 aromatic heterocycles. The third-order valence-corrected chi connectivity index (χ3v) is 8.98. The number of carbonyl (C=O) groups is 1. The lowest BCUT2D eigenvalue weighted by Gasteiger charge is -2.21. The van der Waals surface area contributed by atoms with Gasteiger partial charge in [-0.2, -0.15) is 9.40 Å². The van der Waals surface area contributed by atoms with Crippen molar-refractivity contribution < 1.29 is 13.2 Å². The van der Waals surface area contributed by atoms with Crippen molar-refractivity contribution in [3.63, 3.8) is 0 Å². The number of para-hydroxylation sites is 1. The van der Waals surface area contributed by atoms with Gasteiger partial charge in [-0.3, -0.25) is 14.2 Å². The molecular weight excluding hydrogens is 502 g/mol. The highest BCUT2D eigenvalue weighted by Gasteiger charge is 2.28. The van der Waals surface area contributed by atoms with Gasteiger partial charge in [-0.1, -0.05) is 25.1 Å². The van der Waals surface area contributed by atoms with E-state index in [2.05, 4.69) is 5.32 Å². The third-order valence-electron chi connectivity index (χ3n) is 7.06. The molecule has 3 heterocycles. The van der Waals surface area contributed by atoms with Crippen LogP contribution in [0.15, 0.2) is 70.4 Å². The molecule has 0 spiro atoms. The SMILES string of the molecule is CCC(C(=O)Nc1ccc(S(=O)(=O)N2CCCC2)cc1)n1c(=O)cc(C)c2c(C)nn(-c3ccccc3)c21. The van der Waals surface area contributed by atoms with E-state index in [4.69, 9.17) is 5.10 Å². The quantitative estimate of drug-likeness (QED) is 0.384. The van der Waals surface area contributed by atoms with Crippen LogP contribution in [0.1, 0.15) is 43.5 Å². The maximum atomic E-state index is 13.5. The maximum Gasteiger partial charge on any atom is 0.253 e. The predicted octanol–water partition coefficient (Wildman–Crippen LogP) is 4.18. The molecule has 38 heavy (non-hydrogen) atoms. The summed E-state index contributed by atoms with van der Waals surface area (Å²) >= 11 is 0. The highest BCUT2D eigenvalue weighted by Crippen LogP contribution is 2.28. The Morgan fingerprint density at radius 2 is 1.68 bits per heavy atom. The van der Waals surface area contributed by atoms with E-state index in [1.165, 1.54) is 21.0 Å². The summed E-state index contributed by atoms with van der Waals surface area (Å²) in [4.78, 5) is 27.1. The zero-order valence-corrected chi connectivity index (χ0v) is 22.5. The fourth-order valence-electron chi connectivity index (χ4n) is 5.18. The molecule has 198 valence electrons. The first kappa shape index (κ1) is 25.9. The average Bonchev–Trinajstić information content (AvgIpc) is 3.56. The first-order chi connectivity index (χ1) is 18.2. The number of carbonyl (C=O) groups excluding carboxylic acids is 1. The van der Waals surface area contributed by atoms with Gasteiger partial charge in [-0.25, -0.2) is 13.1 Å². The Bertz CT molecular complexity index is 1650. The van der Waals surface area contributed by atoms with Gasteiger partial charge in [0.25, 0.3) is 5.56 Å². The van der Waals surface area contributed by atoms with E-state index in [0.717, 1.165) is 35.2 Å². The van der Waals surface area contributed by atoms with Gasteiger partial charge in [0.2, 0.25) is 15.9 Å². The molecule has 1 fully saturated rings. The maximum absolute atomic E-state index is 13.5. The van der Waals surface area contributed by atoms with Crippen molar-refractivity contribution in [2.45, 2.75) is 51.0 Å². The molecule has 0 saturated carbocycles. The Kier molecular flexibility index (Phi) is 6.93. The number of aromatic nitrogens is 3. The Morgan fingerprint density at radius 1 is 1.03 bits per heavy atom. The number of nitrogens with zero attached hydrogens (tertiary/aromatic N) is 4. The van der Waals surface area contributed by atoms with Gasteiger partial charge in [-0.05, 0) is 75.1 Å². The first-order valence-corrected chi connectivity index (χ1v) is 14.2. The highest BCUT2D eigenvalue weighted by molar-refractivity contribution is 7.89. The van der Waals surface area contributed by atoms with Crippen LogP contribution >= 0.6 is 0 Å². The number of rotatable bonds is 7. The third kappa shape index (κ3) is 4.54. The Morgan fingerprint density at radius 3 is 2.32 bits per heavy atom. The van der Waals surface area contributed by atoms with E-state index in [-0.39, 0.29) is 16.4 Å². The van der Waals surface area contributed by atoms with Gasteiger partial charge in [0.05, 0.1) is 16.3 Å². The number of benzene rings is 2. The van der Waals surface area contributed by atoms with Gasteiger partial charge < -0.3 is 5.32 Å². The summed E-state index contributed by atoms with van der Waals surface area (Å²) in [6, 6.07) is 16.4. The number of fused-ring (bicyclic) bond motifs is 1. The topological polar surface area (TPSA) is 106 Å². The second-order valence-corrected chi connectivity index (χ2v) is 11.6. The minimum Gasteiger partial charge on any atom is -0.324 e. The molecule has 1 N–H and O–H groups in total. The summed E-state index contributed by atoms with van der Waals surface area (Å²) < 4.78 is 30.4. The van der Waals surface area contributed by atoms with Crippen LogP contribution in [-0.2, 0) is 14.8 Å². The Balaban J connectivity index is 1.51. The lowest BCUT2D eigenvalue weighted by Crippen LogP contribution is -2.34. The number of anilines is 1. The standard InChI is InChI=1S/C28H31N5O4S/c1-4-24(27(35)29-21-12-14-23(15-13-21)38(36,37)31-16-8-9-17-31)32-25(34)18-19(2)26-20(3)30-33(28(26)32)22-10-6-5-7-11-22/h5-7,10-15,18,24H,4,8-9,16-17H2,1-3H3,(H,29,35). The molecule has 0 radical (unpaired) electrons. The lowest BCUT2D eigenvalue weighted by atomic mass is 10.1. The molecule has 1 atom stereocenters. The highest BCUT2D eigenvalue weighted by atomic mass is 32.2. The van der Waals surface area contributed by atoms with E-state index in [9.17, 15) is 18.0 Å². The summed E-state index contributed by atoms with van der Waals surface area (Å²) in [5.74, 6) is -0.367. The van der Waals surface area contributed by atoms with E-state index in [1.807, 2.05) is 51.1 Å². The van der Waals surface area contributed by atoms with Crippen LogP contribution in [0, 0.1) is 13.8 Å². The molecule has 1 aliphatic rings. The minimum absolute atomic E-state index is 0.197. The van der Waals surface area contributed by atoms with Crippen LogP contribution in [0.25, 0.3) is 16.7 Å². The van der Waals surface area contributed by atoms with Gasteiger partial charge in [0, 0.05) is 30.2 Å². The average molecular weight is 534 g/mol.